The zero-order chi connectivity index (χ0) is 10.2. The molecule has 0 aromatic heterocycles. The molecule has 14 heavy (non-hydrogen) atoms. The Bertz CT molecular complexity index is 315. The molecule has 4 heteroatoms. The minimum absolute atomic E-state index is 0.367. The number of hydrogen-bond donors (Lipinski definition) is 0. The summed E-state index contributed by atoms with van der Waals surface area (Å²) in [5.41, 5.74) is 9.32. The van der Waals surface area contributed by atoms with Crippen LogP contribution in [0.5, 0.6) is 5.75 Å². The first-order chi connectivity index (χ1) is 6.86. The van der Waals surface area contributed by atoms with E-state index in [1.165, 1.54) is 5.56 Å². The standard InChI is InChI=1S/C10H13N3O/c1-2-9-3-5-10(6-4-9)14-8-7-12-13-11/h3-6H,2,7-8H2,1H3. The second kappa shape index (κ2) is 5.89. The van der Waals surface area contributed by atoms with E-state index >= 15 is 0 Å². The van der Waals surface area contributed by atoms with E-state index in [0.717, 1.165) is 12.2 Å². The summed E-state index contributed by atoms with van der Waals surface area (Å²) >= 11 is 0. The Morgan fingerprint density at radius 3 is 2.64 bits per heavy atom. The molecule has 0 atom stereocenters. The van der Waals surface area contributed by atoms with Crippen molar-refractivity contribution in [1.29, 1.82) is 0 Å². The van der Waals surface area contributed by atoms with E-state index in [9.17, 15) is 0 Å². The Morgan fingerprint density at radius 2 is 2.07 bits per heavy atom. The molecule has 1 aromatic rings. The average Bonchev–Trinajstić information content (AvgIpc) is 2.25. The molecule has 0 spiro atoms. The molecule has 4 nitrogen and oxygen atoms in total. The molecule has 1 rings (SSSR count). The van der Waals surface area contributed by atoms with Crippen molar-refractivity contribution in [3.8, 4) is 5.75 Å². The maximum Gasteiger partial charge on any atom is 0.119 e. The molecule has 0 unspecified atom stereocenters. The van der Waals surface area contributed by atoms with Crippen molar-refractivity contribution >= 4 is 0 Å². The van der Waals surface area contributed by atoms with Crippen LogP contribution in [0, 0.1) is 0 Å². The predicted octanol–water partition coefficient (Wildman–Crippen LogP) is 2.94. The lowest BCUT2D eigenvalue weighted by Gasteiger charge is -2.04. The van der Waals surface area contributed by atoms with Gasteiger partial charge in [0.05, 0.1) is 13.2 Å². The number of azide groups is 1. The van der Waals surface area contributed by atoms with E-state index < -0.39 is 0 Å². The van der Waals surface area contributed by atoms with Crippen molar-refractivity contribution < 1.29 is 4.74 Å². The lowest BCUT2D eigenvalue weighted by molar-refractivity contribution is 0.328. The first-order valence-corrected chi connectivity index (χ1v) is 4.59. The van der Waals surface area contributed by atoms with Crippen LogP contribution >= 0.6 is 0 Å². The highest BCUT2D eigenvalue weighted by atomic mass is 16.5. The van der Waals surface area contributed by atoms with Crippen molar-refractivity contribution in [2.45, 2.75) is 13.3 Å². The maximum atomic E-state index is 8.03. The van der Waals surface area contributed by atoms with Crippen LogP contribution in [0.3, 0.4) is 0 Å². The van der Waals surface area contributed by atoms with E-state index in [1.807, 2.05) is 24.3 Å². The lowest BCUT2D eigenvalue weighted by Crippen LogP contribution is -1.99. The van der Waals surface area contributed by atoms with Crippen LogP contribution in [-0.4, -0.2) is 13.2 Å². The molecule has 0 aliphatic rings. The van der Waals surface area contributed by atoms with Crippen molar-refractivity contribution in [2.75, 3.05) is 13.2 Å². The number of aryl methyl sites for hydroxylation is 1. The largest absolute Gasteiger partial charge is 0.493 e. The molecule has 74 valence electrons. The van der Waals surface area contributed by atoms with Gasteiger partial charge in [0.25, 0.3) is 0 Å². The van der Waals surface area contributed by atoms with Gasteiger partial charge in [0.15, 0.2) is 0 Å². The van der Waals surface area contributed by atoms with Crippen LogP contribution in [0.4, 0.5) is 0 Å². The normalized spacial score (nSPS) is 9.21. The fourth-order valence-corrected chi connectivity index (χ4v) is 1.07. The summed E-state index contributed by atoms with van der Waals surface area (Å²) in [5.74, 6) is 0.815. The summed E-state index contributed by atoms with van der Waals surface area (Å²) in [6.45, 7) is 2.90. The van der Waals surface area contributed by atoms with Crippen LogP contribution in [0.15, 0.2) is 29.4 Å². The second-order valence-electron chi connectivity index (χ2n) is 2.80. The van der Waals surface area contributed by atoms with Crippen LogP contribution in [-0.2, 0) is 6.42 Å². The van der Waals surface area contributed by atoms with Crippen molar-refractivity contribution in [3.05, 3.63) is 40.3 Å². The highest BCUT2D eigenvalue weighted by molar-refractivity contribution is 5.27. The summed E-state index contributed by atoms with van der Waals surface area (Å²) < 4.78 is 5.34. The van der Waals surface area contributed by atoms with Crippen LogP contribution in [0.2, 0.25) is 0 Å². The summed E-state index contributed by atoms with van der Waals surface area (Å²) in [6, 6.07) is 7.91. The Morgan fingerprint density at radius 1 is 1.36 bits per heavy atom. The zero-order valence-electron chi connectivity index (χ0n) is 8.18. The van der Waals surface area contributed by atoms with Crippen molar-refractivity contribution in [2.24, 2.45) is 5.11 Å². The van der Waals surface area contributed by atoms with E-state index in [0.29, 0.717) is 13.2 Å². The van der Waals surface area contributed by atoms with Gasteiger partial charge in [-0.3, -0.25) is 0 Å². The quantitative estimate of drug-likeness (QED) is 0.305. The van der Waals surface area contributed by atoms with Crippen molar-refractivity contribution in [1.82, 2.24) is 0 Å². The zero-order valence-corrected chi connectivity index (χ0v) is 8.18. The monoisotopic (exact) mass is 191 g/mol. The van der Waals surface area contributed by atoms with Crippen LogP contribution < -0.4 is 4.74 Å². The summed E-state index contributed by atoms with van der Waals surface area (Å²) in [7, 11) is 0. The van der Waals surface area contributed by atoms with Gasteiger partial charge in [-0.05, 0) is 29.6 Å². The molecule has 0 radical (unpaired) electrons. The van der Waals surface area contributed by atoms with Gasteiger partial charge in [0.2, 0.25) is 0 Å². The van der Waals surface area contributed by atoms with Crippen molar-refractivity contribution in [3.63, 3.8) is 0 Å². The molecular weight excluding hydrogens is 178 g/mol. The summed E-state index contributed by atoms with van der Waals surface area (Å²) in [6.07, 6.45) is 1.03. The molecule has 0 bridgehead atoms. The first kappa shape index (κ1) is 10.4. The topological polar surface area (TPSA) is 58.0 Å². The maximum absolute atomic E-state index is 8.03. The molecular formula is C10H13N3O. The fraction of sp³-hybridized carbons (Fsp3) is 0.400. The van der Waals surface area contributed by atoms with Gasteiger partial charge in [-0.25, -0.2) is 0 Å². The molecule has 0 fully saturated rings. The molecule has 0 amide bonds. The van der Waals surface area contributed by atoms with E-state index in [-0.39, 0.29) is 0 Å². The van der Waals surface area contributed by atoms with E-state index in [4.69, 9.17) is 10.3 Å². The summed E-state index contributed by atoms with van der Waals surface area (Å²) in [5, 5.41) is 3.38. The van der Waals surface area contributed by atoms with Gasteiger partial charge in [-0.15, -0.1) is 0 Å². The van der Waals surface area contributed by atoms with Gasteiger partial charge < -0.3 is 4.74 Å². The third kappa shape index (κ3) is 3.37. The summed E-state index contributed by atoms with van der Waals surface area (Å²) in [4.78, 5) is 2.64. The Kier molecular flexibility index (Phi) is 4.38. The molecule has 1 aromatic carbocycles. The molecule has 0 N–H and O–H groups in total. The van der Waals surface area contributed by atoms with Crippen LogP contribution in [0.25, 0.3) is 10.4 Å². The van der Waals surface area contributed by atoms with Gasteiger partial charge in [0, 0.05) is 4.91 Å². The third-order valence-corrected chi connectivity index (χ3v) is 1.85. The molecule has 0 saturated carbocycles. The lowest BCUT2D eigenvalue weighted by atomic mass is 10.2. The van der Waals surface area contributed by atoms with Gasteiger partial charge in [-0.2, -0.15) is 0 Å². The van der Waals surface area contributed by atoms with Gasteiger partial charge >= 0.3 is 0 Å². The fourth-order valence-electron chi connectivity index (χ4n) is 1.07. The minimum Gasteiger partial charge on any atom is -0.493 e. The second-order valence-corrected chi connectivity index (χ2v) is 2.80. The molecule has 0 aliphatic carbocycles. The minimum atomic E-state index is 0.367. The SMILES string of the molecule is CCc1ccc(OCCN=[N+]=[N-])cc1. The first-order valence-electron chi connectivity index (χ1n) is 4.59. The third-order valence-electron chi connectivity index (χ3n) is 1.85. The van der Waals surface area contributed by atoms with Gasteiger partial charge in [-0.1, -0.05) is 24.2 Å². The molecule has 0 heterocycles. The smallest absolute Gasteiger partial charge is 0.119 e. The predicted molar refractivity (Wildman–Crippen MR) is 55.3 cm³/mol. The molecule has 0 saturated heterocycles. The number of rotatable bonds is 5. The number of benzene rings is 1. The Labute approximate surface area is 83.1 Å². The number of hydrogen-bond acceptors (Lipinski definition) is 2. The molecule has 0 aliphatic heterocycles. The number of nitrogens with zero attached hydrogens (tertiary/aromatic N) is 3. The number of ether oxygens (including phenoxy) is 1. The highest BCUT2D eigenvalue weighted by Gasteiger charge is 1.92. The Hall–Kier alpha value is -1.67. The van der Waals surface area contributed by atoms with E-state index in [2.05, 4.69) is 16.9 Å². The highest BCUT2D eigenvalue weighted by Crippen LogP contribution is 2.12. The van der Waals surface area contributed by atoms with Crippen LogP contribution in [0.1, 0.15) is 12.5 Å². The van der Waals surface area contributed by atoms with E-state index in [1.54, 1.807) is 0 Å². The van der Waals surface area contributed by atoms with Gasteiger partial charge in [0.1, 0.15) is 5.75 Å². The average molecular weight is 191 g/mol. The Balaban J connectivity index is 2.39.